The van der Waals surface area contributed by atoms with E-state index in [4.69, 9.17) is 0 Å². The number of ketones is 1. The second-order valence-electron chi connectivity index (χ2n) is 6.06. The van der Waals surface area contributed by atoms with Crippen molar-refractivity contribution in [2.24, 2.45) is 0 Å². The number of aryl methyl sites for hydroxylation is 1. The van der Waals surface area contributed by atoms with Crippen LogP contribution < -0.4 is 0 Å². The largest absolute Gasteiger partial charge is 0.393 e. The quantitative estimate of drug-likeness (QED) is 0.836. The van der Waals surface area contributed by atoms with Crippen molar-refractivity contribution in [3.8, 4) is 0 Å². The summed E-state index contributed by atoms with van der Waals surface area (Å²) in [7, 11) is 0. The van der Waals surface area contributed by atoms with Gasteiger partial charge in [-0.2, -0.15) is 0 Å². The maximum Gasteiger partial charge on any atom is 0.270 e. The highest BCUT2D eigenvalue weighted by atomic mass is 16.3. The zero-order valence-corrected chi connectivity index (χ0v) is 13.2. The minimum Gasteiger partial charge on any atom is -0.393 e. The van der Waals surface area contributed by atoms with Crippen molar-refractivity contribution in [1.29, 1.82) is 0 Å². The van der Waals surface area contributed by atoms with Crippen LogP contribution in [0, 0.1) is 13.8 Å². The standard InChI is InChI=1S/C16H24N2O3/c1-9(19)8-13-6-5-7-18(13)16(21)15-10(2)14(12(4)20)11(3)17-15/h9,13,17,19H,5-8H2,1-4H3. The van der Waals surface area contributed by atoms with Crippen LogP contribution in [0.5, 0.6) is 0 Å². The Bertz CT molecular complexity index is 560. The van der Waals surface area contributed by atoms with Gasteiger partial charge in [-0.25, -0.2) is 0 Å². The van der Waals surface area contributed by atoms with E-state index in [2.05, 4.69) is 4.98 Å². The summed E-state index contributed by atoms with van der Waals surface area (Å²) in [6.45, 7) is 7.61. The molecule has 1 aliphatic heterocycles. The number of H-pyrrole nitrogens is 1. The lowest BCUT2D eigenvalue weighted by Crippen LogP contribution is -2.37. The maximum absolute atomic E-state index is 12.7. The van der Waals surface area contributed by atoms with Crippen LogP contribution in [0.25, 0.3) is 0 Å². The summed E-state index contributed by atoms with van der Waals surface area (Å²) < 4.78 is 0. The van der Waals surface area contributed by atoms with Crippen molar-refractivity contribution in [1.82, 2.24) is 9.88 Å². The monoisotopic (exact) mass is 292 g/mol. The highest BCUT2D eigenvalue weighted by Gasteiger charge is 2.32. The number of aliphatic hydroxyl groups is 1. The third kappa shape index (κ3) is 3.02. The van der Waals surface area contributed by atoms with Crippen LogP contribution >= 0.6 is 0 Å². The van der Waals surface area contributed by atoms with Crippen LogP contribution in [0.4, 0.5) is 0 Å². The number of Topliss-reactive ketones (excluding diaryl/α,β-unsaturated/α-hetero) is 1. The van der Waals surface area contributed by atoms with E-state index in [1.807, 2.05) is 18.7 Å². The Balaban J connectivity index is 2.28. The molecule has 0 aliphatic carbocycles. The number of aromatic amines is 1. The number of hydrogen-bond acceptors (Lipinski definition) is 3. The minimum atomic E-state index is -0.414. The minimum absolute atomic E-state index is 0.0257. The van der Waals surface area contributed by atoms with Gasteiger partial charge in [0.15, 0.2) is 5.78 Å². The van der Waals surface area contributed by atoms with Crippen LogP contribution in [0.2, 0.25) is 0 Å². The maximum atomic E-state index is 12.7. The number of likely N-dealkylation sites (tertiary alicyclic amines) is 1. The fourth-order valence-corrected chi connectivity index (χ4v) is 3.38. The van der Waals surface area contributed by atoms with Crippen molar-refractivity contribution < 1.29 is 14.7 Å². The van der Waals surface area contributed by atoms with Crippen LogP contribution in [0.1, 0.15) is 65.2 Å². The summed E-state index contributed by atoms with van der Waals surface area (Å²) in [6, 6.07) is 0.0845. The Labute approximate surface area is 125 Å². The molecule has 2 N–H and O–H groups in total. The lowest BCUT2D eigenvalue weighted by Gasteiger charge is -2.25. The Kier molecular flexibility index (Phi) is 4.52. The molecule has 5 heteroatoms. The number of carbonyl (C=O) groups excluding carboxylic acids is 2. The lowest BCUT2D eigenvalue weighted by atomic mass is 10.1. The number of carbonyl (C=O) groups is 2. The van der Waals surface area contributed by atoms with E-state index in [1.54, 1.807) is 6.92 Å². The van der Waals surface area contributed by atoms with Crippen LogP contribution in [0.15, 0.2) is 0 Å². The van der Waals surface area contributed by atoms with E-state index in [-0.39, 0.29) is 17.7 Å². The molecule has 1 fully saturated rings. The van der Waals surface area contributed by atoms with Gasteiger partial charge in [-0.1, -0.05) is 0 Å². The van der Waals surface area contributed by atoms with E-state index < -0.39 is 6.10 Å². The smallest absolute Gasteiger partial charge is 0.270 e. The highest BCUT2D eigenvalue weighted by Crippen LogP contribution is 2.26. The summed E-state index contributed by atoms with van der Waals surface area (Å²) in [6.07, 6.45) is 2.07. The van der Waals surface area contributed by atoms with E-state index in [1.165, 1.54) is 6.92 Å². The first-order chi connectivity index (χ1) is 9.82. The highest BCUT2D eigenvalue weighted by molar-refractivity contribution is 6.02. The Morgan fingerprint density at radius 3 is 2.62 bits per heavy atom. The molecule has 116 valence electrons. The van der Waals surface area contributed by atoms with Gasteiger partial charge < -0.3 is 15.0 Å². The molecule has 2 heterocycles. The first kappa shape index (κ1) is 15.8. The van der Waals surface area contributed by atoms with Crippen LogP contribution in [-0.4, -0.2) is 45.4 Å². The molecule has 0 aromatic carbocycles. The Morgan fingerprint density at radius 2 is 2.10 bits per heavy atom. The molecular weight excluding hydrogens is 268 g/mol. The third-order valence-electron chi connectivity index (χ3n) is 4.25. The molecule has 5 nitrogen and oxygen atoms in total. The summed E-state index contributed by atoms with van der Waals surface area (Å²) in [5.74, 6) is -0.0893. The molecule has 1 amide bonds. The van der Waals surface area contributed by atoms with Crippen molar-refractivity contribution in [2.75, 3.05) is 6.54 Å². The Hall–Kier alpha value is -1.62. The number of hydrogen-bond donors (Lipinski definition) is 2. The van der Waals surface area contributed by atoms with E-state index in [0.29, 0.717) is 24.2 Å². The first-order valence-electron chi connectivity index (χ1n) is 7.52. The molecular formula is C16H24N2O3. The summed E-state index contributed by atoms with van der Waals surface area (Å²) >= 11 is 0. The molecule has 2 rings (SSSR count). The molecule has 0 radical (unpaired) electrons. The molecule has 2 unspecified atom stereocenters. The van der Waals surface area contributed by atoms with Crippen molar-refractivity contribution in [2.45, 2.75) is 59.1 Å². The number of aliphatic hydroxyl groups excluding tert-OH is 1. The molecule has 1 aromatic rings. The van der Waals surface area contributed by atoms with Crippen molar-refractivity contribution in [3.05, 3.63) is 22.5 Å². The van der Waals surface area contributed by atoms with Gasteiger partial charge in [0.2, 0.25) is 0 Å². The zero-order valence-electron chi connectivity index (χ0n) is 13.2. The molecule has 0 spiro atoms. The van der Waals surface area contributed by atoms with Gasteiger partial charge in [-0.3, -0.25) is 9.59 Å². The molecule has 0 bridgehead atoms. The SMILES string of the molecule is CC(=O)c1c(C)[nH]c(C(=O)N2CCCC2CC(C)O)c1C. The third-order valence-corrected chi connectivity index (χ3v) is 4.25. The van der Waals surface area contributed by atoms with Gasteiger partial charge in [-0.05, 0) is 52.5 Å². The molecule has 0 saturated carbocycles. The van der Waals surface area contributed by atoms with Crippen LogP contribution in [-0.2, 0) is 0 Å². The number of nitrogens with zero attached hydrogens (tertiary/aromatic N) is 1. The molecule has 2 atom stereocenters. The van der Waals surface area contributed by atoms with Crippen molar-refractivity contribution in [3.63, 3.8) is 0 Å². The van der Waals surface area contributed by atoms with Gasteiger partial charge in [0.1, 0.15) is 5.69 Å². The van der Waals surface area contributed by atoms with Gasteiger partial charge in [-0.15, -0.1) is 0 Å². The normalized spacial score (nSPS) is 19.9. The lowest BCUT2D eigenvalue weighted by molar-refractivity contribution is 0.0676. The predicted octanol–water partition coefficient (Wildman–Crippen LogP) is 2.21. The van der Waals surface area contributed by atoms with Gasteiger partial charge >= 0.3 is 0 Å². The van der Waals surface area contributed by atoms with Gasteiger partial charge in [0.25, 0.3) is 5.91 Å². The number of amides is 1. The van der Waals surface area contributed by atoms with Gasteiger partial charge in [0.05, 0.1) is 6.10 Å². The average molecular weight is 292 g/mol. The molecule has 21 heavy (non-hydrogen) atoms. The average Bonchev–Trinajstić information content (AvgIpc) is 2.92. The first-order valence-corrected chi connectivity index (χ1v) is 7.52. The number of aromatic nitrogens is 1. The van der Waals surface area contributed by atoms with Crippen molar-refractivity contribution >= 4 is 11.7 Å². The zero-order chi connectivity index (χ0) is 15.7. The molecule has 1 aliphatic rings. The topological polar surface area (TPSA) is 73.4 Å². The number of nitrogens with one attached hydrogen (secondary N) is 1. The second-order valence-corrected chi connectivity index (χ2v) is 6.06. The predicted molar refractivity (Wildman–Crippen MR) is 80.6 cm³/mol. The summed E-state index contributed by atoms with van der Waals surface area (Å²) in [5, 5.41) is 9.57. The van der Waals surface area contributed by atoms with Crippen LogP contribution in [0.3, 0.4) is 0 Å². The van der Waals surface area contributed by atoms with E-state index >= 15 is 0 Å². The molecule has 1 aromatic heterocycles. The fourth-order valence-electron chi connectivity index (χ4n) is 3.38. The van der Waals surface area contributed by atoms with E-state index in [0.717, 1.165) is 24.1 Å². The van der Waals surface area contributed by atoms with E-state index in [9.17, 15) is 14.7 Å². The second kappa shape index (κ2) is 6.02. The fraction of sp³-hybridized carbons (Fsp3) is 0.625. The summed E-state index contributed by atoms with van der Waals surface area (Å²) in [4.78, 5) is 29.3. The number of rotatable bonds is 4. The summed E-state index contributed by atoms with van der Waals surface area (Å²) in [5.41, 5.74) is 2.60. The Morgan fingerprint density at radius 1 is 1.43 bits per heavy atom. The van der Waals surface area contributed by atoms with Gasteiger partial charge in [0, 0.05) is 23.8 Å². The molecule has 1 saturated heterocycles.